The molecule has 61 heavy (non-hydrogen) atoms. The van der Waals surface area contributed by atoms with Crippen LogP contribution in [-0.2, 0) is 28.5 Å². The number of morpholine rings is 2. The van der Waals surface area contributed by atoms with Crippen LogP contribution in [0.25, 0.3) is 0 Å². The molecule has 328 valence electrons. The zero-order valence-electron chi connectivity index (χ0n) is 36.4. The van der Waals surface area contributed by atoms with Gasteiger partial charge in [-0.25, -0.2) is 4.39 Å². The van der Waals surface area contributed by atoms with Gasteiger partial charge in [0.05, 0.1) is 38.3 Å². The van der Waals surface area contributed by atoms with Crippen molar-refractivity contribution in [3.63, 3.8) is 0 Å². The van der Waals surface area contributed by atoms with Crippen LogP contribution in [0.3, 0.4) is 0 Å². The van der Waals surface area contributed by atoms with Gasteiger partial charge >= 0.3 is 11.9 Å². The van der Waals surface area contributed by atoms with Gasteiger partial charge in [0.15, 0.2) is 11.5 Å². The highest BCUT2D eigenvalue weighted by Gasteiger charge is 2.26. The number of aryl methyl sites for hydroxylation is 1. The van der Waals surface area contributed by atoms with Crippen molar-refractivity contribution in [1.82, 2.24) is 9.80 Å². The van der Waals surface area contributed by atoms with Crippen LogP contribution < -0.4 is 18.9 Å². The summed E-state index contributed by atoms with van der Waals surface area (Å²) in [6.45, 7) is 18.8. The predicted octanol–water partition coefficient (Wildman–Crippen LogP) is 9.34. The van der Waals surface area contributed by atoms with Crippen molar-refractivity contribution in [1.29, 1.82) is 0 Å². The quantitative estimate of drug-likeness (QED) is 0.127. The molecule has 2 fully saturated rings. The summed E-state index contributed by atoms with van der Waals surface area (Å²) < 4.78 is 58.7. The molecular formula is C48H59FN2O10. The number of rotatable bonds is 12. The molecule has 2 unspecified atom stereocenters. The summed E-state index contributed by atoms with van der Waals surface area (Å²) in [5, 5.41) is 0. The van der Waals surface area contributed by atoms with Crippen molar-refractivity contribution in [2.24, 2.45) is 0 Å². The molecular weight excluding hydrogens is 784 g/mol. The highest BCUT2D eigenvalue weighted by atomic mass is 19.1. The monoisotopic (exact) mass is 842 g/mol. The van der Waals surface area contributed by atoms with Crippen LogP contribution in [0.15, 0.2) is 84.9 Å². The molecule has 2 atom stereocenters. The van der Waals surface area contributed by atoms with Crippen LogP contribution in [0.4, 0.5) is 4.39 Å². The summed E-state index contributed by atoms with van der Waals surface area (Å²) in [5.74, 6) is 3.32. The Bertz CT molecular complexity index is 2060. The van der Waals surface area contributed by atoms with Crippen LogP contribution in [0, 0.1) is 12.7 Å². The second-order valence-corrected chi connectivity index (χ2v) is 17.3. The van der Waals surface area contributed by atoms with E-state index in [1.807, 2.05) is 108 Å². The van der Waals surface area contributed by atoms with E-state index in [1.165, 1.54) is 6.07 Å². The van der Waals surface area contributed by atoms with E-state index in [-0.39, 0.29) is 36.8 Å². The lowest BCUT2D eigenvalue weighted by molar-refractivity contribution is -0.156. The lowest BCUT2D eigenvalue weighted by Gasteiger charge is -2.33. The van der Waals surface area contributed by atoms with Gasteiger partial charge < -0.3 is 37.9 Å². The maximum Gasteiger partial charge on any atom is 0.307 e. The fraction of sp³-hybridized carbons (Fsp3) is 0.458. The van der Waals surface area contributed by atoms with Gasteiger partial charge in [0, 0.05) is 51.4 Å². The second kappa shape index (κ2) is 20.6. The average molecular weight is 843 g/mol. The number of halogens is 1. The molecule has 0 aromatic heterocycles. The molecule has 0 spiro atoms. The van der Waals surface area contributed by atoms with E-state index in [1.54, 1.807) is 19.1 Å². The largest absolute Gasteiger partial charge is 0.460 e. The molecule has 7 rings (SSSR count). The fourth-order valence-electron chi connectivity index (χ4n) is 6.85. The van der Waals surface area contributed by atoms with Gasteiger partial charge in [-0.2, -0.15) is 0 Å². The van der Waals surface area contributed by atoms with E-state index in [2.05, 4.69) is 9.80 Å². The van der Waals surface area contributed by atoms with Crippen molar-refractivity contribution in [3.05, 3.63) is 107 Å². The van der Waals surface area contributed by atoms with Crippen molar-refractivity contribution in [2.75, 3.05) is 59.3 Å². The average Bonchev–Trinajstić information content (AvgIpc) is 3.69. The number of carbonyl (C=O) groups is 2. The van der Waals surface area contributed by atoms with Gasteiger partial charge in [0.1, 0.15) is 40.0 Å². The van der Waals surface area contributed by atoms with Crippen LogP contribution >= 0.6 is 0 Å². The van der Waals surface area contributed by atoms with E-state index < -0.39 is 11.2 Å². The van der Waals surface area contributed by atoms with Crippen molar-refractivity contribution < 1.29 is 51.9 Å². The highest BCUT2D eigenvalue weighted by Crippen LogP contribution is 2.37. The minimum atomic E-state index is -0.460. The molecule has 4 aromatic carbocycles. The normalized spacial score (nSPS) is 18.1. The molecule has 0 radical (unpaired) electrons. The zero-order valence-corrected chi connectivity index (χ0v) is 36.4. The number of hydrogen-bond acceptors (Lipinski definition) is 12. The minimum Gasteiger partial charge on any atom is -0.460 e. The van der Waals surface area contributed by atoms with Crippen molar-refractivity contribution >= 4 is 11.9 Å². The Morgan fingerprint density at radius 1 is 0.623 bits per heavy atom. The summed E-state index contributed by atoms with van der Waals surface area (Å²) >= 11 is 0. The molecule has 0 bridgehead atoms. The number of esters is 2. The summed E-state index contributed by atoms with van der Waals surface area (Å²) in [5.41, 5.74) is 1.80. The summed E-state index contributed by atoms with van der Waals surface area (Å²) in [4.78, 5) is 28.4. The lowest BCUT2D eigenvalue weighted by Crippen LogP contribution is -2.39. The van der Waals surface area contributed by atoms with E-state index in [4.69, 9.17) is 37.9 Å². The Kier molecular flexibility index (Phi) is 15.3. The van der Waals surface area contributed by atoms with Gasteiger partial charge in [-0.05, 0) is 108 Å². The summed E-state index contributed by atoms with van der Waals surface area (Å²) in [7, 11) is 0. The number of carbonyl (C=O) groups excluding carboxylic acids is 2. The maximum atomic E-state index is 13.7. The number of fused-ring (bicyclic) bond motifs is 1. The summed E-state index contributed by atoms with van der Waals surface area (Å²) in [6.07, 6.45) is 0.645. The third-order valence-electron chi connectivity index (χ3n) is 9.87. The number of nitrogens with zero attached hydrogens (tertiary/aromatic N) is 2. The molecule has 4 aromatic rings. The second-order valence-electron chi connectivity index (χ2n) is 17.3. The predicted molar refractivity (Wildman–Crippen MR) is 228 cm³/mol. The Morgan fingerprint density at radius 3 is 1.54 bits per heavy atom. The van der Waals surface area contributed by atoms with Gasteiger partial charge in [-0.3, -0.25) is 19.4 Å². The first-order valence-electron chi connectivity index (χ1n) is 20.9. The SMILES string of the molecule is CC(C)(C)OC(=O)CCN1CCOC(c2ccc(Oc3ccc4c(c3)OCO4)cc2)C1.Cc1ccc(Oc2ccc(C3CN(CCC(=O)OC(C)(C)C)CCO3)cc2)cc1F. The third kappa shape index (κ3) is 14.5. The molecule has 0 saturated carbocycles. The Hall–Kier alpha value is -5.21. The molecule has 0 N–H and O–H groups in total. The van der Waals surface area contributed by atoms with Crippen LogP contribution in [0.5, 0.6) is 34.5 Å². The number of benzene rings is 4. The first-order chi connectivity index (χ1) is 29.0. The van der Waals surface area contributed by atoms with Gasteiger partial charge in [-0.15, -0.1) is 0 Å². The van der Waals surface area contributed by atoms with Crippen LogP contribution in [0.1, 0.15) is 83.3 Å². The van der Waals surface area contributed by atoms with E-state index in [9.17, 15) is 14.0 Å². The Morgan fingerprint density at radius 2 is 1.07 bits per heavy atom. The topological polar surface area (TPSA) is 114 Å². The molecule has 3 aliphatic rings. The van der Waals surface area contributed by atoms with Crippen LogP contribution in [0.2, 0.25) is 0 Å². The highest BCUT2D eigenvalue weighted by molar-refractivity contribution is 5.70. The number of ether oxygens (including phenoxy) is 8. The Labute approximate surface area is 358 Å². The van der Waals surface area contributed by atoms with Gasteiger partial charge in [0.2, 0.25) is 6.79 Å². The standard InChI is InChI=1S/C24H30FNO4.C24H29NO6/c1-17-5-8-20(15-21(17)25)29-19-9-6-18(7-10-19)22-16-26(13-14-28-22)12-11-23(27)30-24(2,3)4;1-24(2,3)31-23(26)10-11-25-12-13-27-22(15-25)17-4-6-18(7-5-17)30-19-8-9-20-21(14-19)29-16-28-20/h5-10,15,22H,11-14,16H2,1-4H3;4-9,14,22H,10-13,15-16H2,1-3H3. The van der Waals surface area contributed by atoms with Crippen molar-refractivity contribution in [2.45, 2.75) is 84.7 Å². The molecule has 3 aliphatic heterocycles. The molecule has 13 heteroatoms. The molecule has 2 saturated heterocycles. The Balaban J connectivity index is 0.000000204. The molecule has 3 heterocycles. The fourth-order valence-corrected chi connectivity index (χ4v) is 6.85. The lowest BCUT2D eigenvalue weighted by atomic mass is 10.1. The molecule has 0 amide bonds. The number of hydrogen-bond donors (Lipinski definition) is 0. The first kappa shape index (κ1) is 45.3. The minimum absolute atomic E-state index is 0.0352. The summed E-state index contributed by atoms with van der Waals surface area (Å²) in [6, 6.07) is 25.9. The van der Waals surface area contributed by atoms with Crippen molar-refractivity contribution in [3.8, 4) is 34.5 Å². The smallest absolute Gasteiger partial charge is 0.307 e. The maximum absolute atomic E-state index is 13.7. The molecule has 0 aliphatic carbocycles. The van der Waals surface area contributed by atoms with E-state index in [0.717, 1.165) is 42.3 Å². The third-order valence-corrected chi connectivity index (χ3v) is 9.87. The van der Waals surface area contributed by atoms with Gasteiger partial charge in [0.25, 0.3) is 0 Å². The zero-order chi connectivity index (χ0) is 43.6. The molecule has 12 nitrogen and oxygen atoms in total. The van der Waals surface area contributed by atoms with Gasteiger partial charge in [-0.1, -0.05) is 30.3 Å². The van der Waals surface area contributed by atoms with Crippen LogP contribution in [-0.4, -0.2) is 92.2 Å². The van der Waals surface area contributed by atoms with E-state index in [0.29, 0.717) is 74.3 Å². The van der Waals surface area contributed by atoms with E-state index >= 15 is 0 Å². The first-order valence-corrected chi connectivity index (χ1v) is 20.9.